The Hall–Kier alpha value is -0.810. The molecule has 1 spiro atoms. The summed E-state index contributed by atoms with van der Waals surface area (Å²) in [6, 6.07) is 8.16. The molecule has 0 aliphatic carbocycles. The minimum Gasteiger partial charge on any atom is -0.494 e. The number of benzene rings is 1. The van der Waals surface area contributed by atoms with Crippen molar-refractivity contribution >= 4 is 11.6 Å². The van der Waals surface area contributed by atoms with Crippen molar-refractivity contribution in [2.24, 2.45) is 0 Å². The molecule has 0 bridgehead atoms. The first-order chi connectivity index (χ1) is 11.7. The molecule has 24 heavy (non-hydrogen) atoms. The van der Waals surface area contributed by atoms with E-state index in [1.165, 1.54) is 0 Å². The summed E-state index contributed by atoms with van der Waals surface area (Å²) in [6.45, 7) is 4.33. The maximum absolute atomic E-state index is 6.14. The fraction of sp³-hybridized carbons (Fsp3) is 0.684. The Kier molecular flexibility index (Phi) is 6.39. The lowest BCUT2D eigenvalue weighted by Crippen LogP contribution is -2.50. The number of nitrogens with zero attached hydrogens (tertiary/aromatic N) is 1. The molecule has 0 radical (unpaired) electrons. The van der Waals surface area contributed by atoms with Crippen LogP contribution in [-0.2, 0) is 9.47 Å². The van der Waals surface area contributed by atoms with Crippen LogP contribution >= 0.6 is 11.6 Å². The second-order valence-corrected chi connectivity index (χ2v) is 7.36. The first-order valence-electron chi connectivity index (χ1n) is 8.97. The van der Waals surface area contributed by atoms with E-state index in [-0.39, 0.29) is 5.60 Å². The third kappa shape index (κ3) is 4.85. The molecule has 2 aliphatic heterocycles. The third-order valence-electron chi connectivity index (χ3n) is 5.23. The van der Waals surface area contributed by atoms with Crippen LogP contribution in [0.1, 0.15) is 32.1 Å². The van der Waals surface area contributed by atoms with E-state index in [9.17, 15) is 0 Å². The van der Waals surface area contributed by atoms with Crippen molar-refractivity contribution in [2.75, 3.05) is 40.0 Å². The number of ether oxygens (including phenoxy) is 3. The quantitative estimate of drug-likeness (QED) is 0.728. The number of hydrogen-bond acceptors (Lipinski definition) is 4. The lowest BCUT2D eigenvalue weighted by Gasteiger charge is -2.45. The van der Waals surface area contributed by atoms with E-state index in [4.69, 9.17) is 25.8 Å². The molecular formula is C19H28ClNO3. The van der Waals surface area contributed by atoms with Gasteiger partial charge in [0.15, 0.2) is 0 Å². The van der Waals surface area contributed by atoms with Crippen LogP contribution in [0, 0.1) is 0 Å². The van der Waals surface area contributed by atoms with Crippen molar-refractivity contribution < 1.29 is 14.2 Å². The van der Waals surface area contributed by atoms with Crippen LogP contribution in [0.2, 0.25) is 5.02 Å². The van der Waals surface area contributed by atoms with Crippen LogP contribution in [-0.4, -0.2) is 56.6 Å². The zero-order valence-electron chi connectivity index (χ0n) is 14.5. The second-order valence-electron chi connectivity index (χ2n) is 6.93. The maximum Gasteiger partial charge on any atom is 0.119 e. The maximum atomic E-state index is 6.14. The molecule has 1 aromatic rings. The van der Waals surface area contributed by atoms with Crippen molar-refractivity contribution in [2.45, 2.75) is 43.7 Å². The SMILES string of the molecule is CN(CCCOc1ccc(Cl)cc1)[C@@H]1CCOC2(CCOCC2)C1. The van der Waals surface area contributed by atoms with Crippen LogP contribution in [0.4, 0.5) is 0 Å². The summed E-state index contributed by atoms with van der Waals surface area (Å²) in [6.07, 6.45) is 5.35. The predicted octanol–water partition coefficient (Wildman–Crippen LogP) is 3.77. The van der Waals surface area contributed by atoms with Crippen molar-refractivity contribution in [3.63, 3.8) is 0 Å². The van der Waals surface area contributed by atoms with Gasteiger partial charge in [-0.25, -0.2) is 0 Å². The standard InChI is InChI=1S/C19H28ClNO3/c1-21(10-2-11-23-18-5-3-16(20)4-6-18)17-7-12-24-19(15-17)8-13-22-14-9-19/h3-6,17H,2,7-15H2,1H3/t17-/m1/s1. The third-order valence-corrected chi connectivity index (χ3v) is 5.48. The van der Waals surface area contributed by atoms with Crippen LogP contribution in [0.15, 0.2) is 24.3 Å². The topological polar surface area (TPSA) is 30.9 Å². The molecule has 3 rings (SSSR count). The Bertz CT molecular complexity index is 496. The highest BCUT2D eigenvalue weighted by molar-refractivity contribution is 6.30. The molecular weight excluding hydrogens is 326 g/mol. The van der Waals surface area contributed by atoms with Gasteiger partial charge in [0.2, 0.25) is 0 Å². The fourth-order valence-electron chi connectivity index (χ4n) is 3.69. The minimum atomic E-state index is 0.0647. The normalized spacial score (nSPS) is 23.5. The highest BCUT2D eigenvalue weighted by atomic mass is 35.5. The monoisotopic (exact) mass is 353 g/mol. The smallest absolute Gasteiger partial charge is 0.119 e. The van der Waals surface area contributed by atoms with Gasteiger partial charge in [-0.1, -0.05) is 11.6 Å². The first kappa shape index (κ1) is 18.0. The Morgan fingerprint density at radius 2 is 1.96 bits per heavy atom. The zero-order chi connectivity index (χ0) is 16.8. The van der Waals surface area contributed by atoms with Gasteiger partial charge in [-0.05, 0) is 63.4 Å². The molecule has 1 aromatic carbocycles. The van der Waals surface area contributed by atoms with Gasteiger partial charge in [-0.3, -0.25) is 0 Å². The molecule has 0 amide bonds. The van der Waals surface area contributed by atoms with Gasteiger partial charge in [0, 0.05) is 37.4 Å². The summed E-state index contributed by atoms with van der Waals surface area (Å²) in [5, 5.41) is 0.739. The lowest BCUT2D eigenvalue weighted by molar-refractivity contribution is -0.149. The summed E-state index contributed by atoms with van der Waals surface area (Å²) < 4.78 is 17.4. The molecule has 0 aromatic heterocycles. The Labute approximate surface area is 150 Å². The predicted molar refractivity (Wildman–Crippen MR) is 96.0 cm³/mol. The van der Waals surface area contributed by atoms with E-state index in [0.717, 1.165) is 75.8 Å². The van der Waals surface area contributed by atoms with Crippen LogP contribution in [0.3, 0.4) is 0 Å². The molecule has 2 saturated heterocycles. The van der Waals surface area contributed by atoms with E-state index < -0.39 is 0 Å². The molecule has 0 N–H and O–H groups in total. The summed E-state index contributed by atoms with van der Waals surface area (Å²) in [5.41, 5.74) is 0.0647. The van der Waals surface area contributed by atoms with Crippen molar-refractivity contribution in [1.82, 2.24) is 4.90 Å². The highest BCUT2D eigenvalue weighted by Crippen LogP contribution is 2.35. The molecule has 2 heterocycles. The van der Waals surface area contributed by atoms with Gasteiger partial charge in [0.05, 0.1) is 12.2 Å². The molecule has 2 aliphatic rings. The van der Waals surface area contributed by atoms with Crippen molar-refractivity contribution in [3.8, 4) is 5.75 Å². The van der Waals surface area contributed by atoms with Gasteiger partial charge in [-0.2, -0.15) is 0 Å². The molecule has 0 saturated carbocycles. The van der Waals surface area contributed by atoms with Crippen LogP contribution in [0.25, 0.3) is 0 Å². The van der Waals surface area contributed by atoms with Crippen LogP contribution in [0.5, 0.6) is 5.75 Å². The van der Waals surface area contributed by atoms with Crippen LogP contribution < -0.4 is 4.74 Å². The van der Waals surface area contributed by atoms with E-state index in [1.54, 1.807) is 0 Å². The average Bonchev–Trinajstić information content (AvgIpc) is 2.61. The second kappa shape index (κ2) is 8.52. The number of rotatable bonds is 6. The Morgan fingerprint density at radius 1 is 1.21 bits per heavy atom. The Morgan fingerprint density at radius 3 is 2.71 bits per heavy atom. The van der Waals surface area contributed by atoms with Gasteiger partial charge < -0.3 is 19.1 Å². The Balaban J connectivity index is 1.39. The lowest BCUT2D eigenvalue weighted by atomic mass is 9.83. The molecule has 2 fully saturated rings. The molecule has 4 nitrogen and oxygen atoms in total. The largest absolute Gasteiger partial charge is 0.494 e. The van der Waals surface area contributed by atoms with Gasteiger partial charge in [0.25, 0.3) is 0 Å². The molecule has 5 heteroatoms. The minimum absolute atomic E-state index is 0.0647. The van der Waals surface area contributed by atoms with Crippen molar-refractivity contribution in [3.05, 3.63) is 29.3 Å². The summed E-state index contributed by atoms with van der Waals surface area (Å²) >= 11 is 5.88. The fourth-order valence-corrected chi connectivity index (χ4v) is 3.81. The van der Waals surface area contributed by atoms with E-state index in [1.807, 2.05) is 24.3 Å². The molecule has 134 valence electrons. The first-order valence-corrected chi connectivity index (χ1v) is 9.35. The summed E-state index contributed by atoms with van der Waals surface area (Å²) in [5.74, 6) is 0.884. The average molecular weight is 354 g/mol. The van der Waals surface area contributed by atoms with Crippen molar-refractivity contribution in [1.29, 1.82) is 0 Å². The molecule has 1 atom stereocenters. The molecule has 0 unspecified atom stereocenters. The van der Waals surface area contributed by atoms with Gasteiger partial charge in [-0.15, -0.1) is 0 Å². The summed E-state index contributed by atoms with van der Waals surface area (Å²) in [4.78, 5) is 2.48. The summed E-state index contributed by atoms with van der Waals surface area (Å²) in [7, 11) is 2.23. The van der Waals surface area contributed by atoms with E-state index in [0.29, 0.717) is 6.04 Å². The number of hydrogen-bond donors (Lipinski definition) is 0. The number of halogens is 1. The zero-order valence-corrected chi connectivity index (χ0v) is 15.3. The van der Waals surface area contributed by atoms with E-state index >= 15 is 0 Å². The highest BCUT2D eigenvalue weighted by Gasteiger charge is 2.39. The van der Waals surface area contributed by atoms with E-state index in [2.05, 4.69) is 11.9 Å². The van der Waals surface area contributed by atoms with Gasteiger partial charge in [0.1, 0.15) is 5.75 Å². The van der Waals surface area contributed by atoms with Gasteiger partial charge >= 0.3 is 0 Å².